The lowest BCUT2D eigenvalue weighted by Gasteiger charge is -2.11. The van der Waals surface area contributed by atoms with Gasteiger partial charge in [-0.2, -0.15) is 0 Å². The molecule has 0 aliphatic heterocycles. The fourth-order valence-electron chi connectivity index (χ4n) is 1.90. The smallest absolute Gasteiger partial charge is 0.134 e. The van der Waals surface area contributed by atoms with Crippen LogP contribution >= 0.6 is 0 Å². The van der Waals surface area contributed by atoms with E-state index in [1.165, 1.54) is 6.33 Å². The minimum absolute atomic E-state index is 0.533. The van der Waals surface area contributed by atoms with Crippen molar-refractivity contribution in [3.63, 3.8) is 0 Å². The number of nitrogens with one attached hydrogen (secondary N) is 1. The first-order valence-corrected chi connectivity index (χ1v) is 6.20. The summed E-state index contributed by atoms with van der Waals surface area (Å²) in [4.78, 5) is 8.23. The Hall–Kier alpha value is -2.30. The van der Waals surface area contributed by atoms with E-state index in [2.05, 4.69) is 15.3 Å². The van der Waals surface area contributed by atoms with Crippen LogP contribution in [0.5, 0.6) is 5.75 Å². The van der Waals surface area contributed by atoms with Crippen LogP contribution in [0.15, 0.2) is 30.6 Å². The van der Waals surface area contributed by atoms with Crippen LogP contribution in [0.25, 0.3) is 0 Å². The summed E-state index contributed by atoms with van der Waals surface area (Å²) in [6.07, 6.45) is 2.27. The van der Waals surface area contributed by atoms with E-state index in [0.29, 0.717) is 12.4 Å². The summed E-state index contributed by atoms with van der Waals surface area (Å²) in [7, 11) is 1.66. The second-order valence-corrected chi connectivity index (χ2v) is 4.14. The highest BCUT2D eigenvalue weighted by Crippen LogP contribution is 2.19. The van der Waals surface area contributed by atoms with Gasteiger partial charge in [-0.05, 0) is 24.1 Å². The van der Waals surface area contributed by atoms with Crippen molar-refractivity contribution in [2.75, 3.05) is 18.2 Å². The molecular formula is C14H18N4O. The minimum Gasteiger partial charge on any atom is -0.497 e. The van der Waals surface area contributed by atoms with Gasteiger partial charge in [0.25, 0.3) is 0 Å². The molecule has 19 heavy (non-hydrogen) atoms. The fraction of sp³-hybridized carbons (Fsp3) is 0.286. The molecule has 100 valence electrons. The van der Waals surface area contributed by atoms with Crippen LogP contribution in [0.1, 0.15) is 18.1 Å². The Balaban J connectivity index is 2.12. The van der Waals surface area contributed by atoms with Gasteiger partial charge in [0, 0.05) is 12.1 Å². The Kier molecular flexibility index (Phi) is 4.18. The van der Waals surface area contributed by atoms with Crippen molar-refractivity contribution >= 4 is 11.6 Å². The van der Waals surface area contributed by atoms with Crippen LogP contribution < -0.4 is 15.8 Å². The summed E-state index contributed by atoms with van der Waals surface area (Å²) in [5.41, 5.74) is 7.91. The Morgan fingerprint density at radius 1 is 1.32 bits per heavy atom. The van der Waals surface area contributed by atoms with Gasteiger partial charge in [0.05, 0.1) is 7.11 Å². The molecule has 0 aliphatic rings. The van der Waals surface area contributed by atoms with Gasteiger partial charge in [0.15, 0.2) is 0 Å². The first kappa shape index (κ1) is 13.1. The van der Waals surface area contributed by atoms with Gasteiger partial charge in [-0.15, -0.1) is 0 Å². The van der Waals surface area contributed by atoms with Crippen LogP contribution in [0.4, 0.5) is 11.6 Å². The average Bonchev–Trinajstić information content (AvgIpc) is 2.45. The number of nitrogen functional groups attached to an aromatic ring is 1. The first-order valence-electron chi connectivity index (χ1n) is 6.20. The van der Waals surface area contributed by atoms with E-state index in [9.17, 15) is 0 Å². The second kappa shape index (κ2) is 6.04. The van der Waals surface area contributed by atoms with Crippen LogP contribution in [-0.2, 0) is 13.0 Å². The number of hydrogen-bond donors (Lipinski definition) is 2. The topological polar surface area (TPSA) is 73.1 Å². The molecule has 0 bridgehead atoms. The lowest BCUT2D eigenvalue weighted by molar-refractivity contribution is 0.414. The highest BCUT2D eigenvalue weighted by atomic mass is 16.5. The third kappa shape index (κ3) is 3.13. The van der Waals surface area contributed by atoms with Crippen LogP contribution in [-0.4, -0.2) is 17.1 Å². The van der Waals surface area contributed by atoms with Crippen molar-refractivity contribution in [3.05, 3.63) is 41.7 Å². The van der Waals surface area contributed by atoms with Crippen molar-refractivity contribution in [3.8, 4) is 5.75 Å². The maximum Gasteiger partial charge on any atom is 0.134 e. The number of rotatable bonds is 5. The zero-order chi connectivity index (χ0) is 13.7. The number of anilines is 2. The second-order valence-electron chi connectivity index (χ2n) is 4.14. The highest BCUT2D eigenvalue weighted by molar-refractivity contribution is 5.55. The number of nitrogens with two attached hydrogens (primary N) is 1. The van der Waals surface area contributed by atoms with Crippen molar-refractivity contribution in [1.82, 2.24) is 9.97 Å². The molecule has 1 aromatic heterocycles. The number of methoxy groups -OCH3 is 1. The SMILES string of the molecule is CCc1c(N)ncnc1NCc1cccc(OC)c1. The molecule has 0 unspecified atom stereocenters. The van der Waals surface area contributed by atoms with E-state index in [-0.39, 0.29) is 0 Å². The standard InChI is InChI=1S/C14H18N4O/c1-3-12-13(15)17-9-18-14(12)16-8-10-5-4-6-11(7-10)19-2/h4-7,9H,3,8H2,1-2H3,(H3,15,16,17,18). The number of benzene rings is 1. The summed E-state index contributed by atoms with van der Waals surface area (Å²) in [6, 6.07) is 7.91. The average molecular weight is 258 g/mol. The molecule has 0 fully saturated rings. The summed E-state index contributed by atoms with van der Waals surface area (Å²) in [5, 5.41) is 3.29. The molecule has 5 nitrogen and oxygen atoms in total. The molecule has 0 saturated carbocycles. The summed E-state index contributed by atoms with van der Waals surface area (Å²) < 4.78 is 5.20. The molecule has 1 aromatic carbocycles. The molecule has 0 spiro atoms. The molecule has 3 N–H and O–H groups in total. The van der Waals surface area contributed by atoms with Gasteiger partial charge in [-0.1, -0.05) is 19.1 Å². The highest BCUT2D eigenvalue weighted by Gasteiger charge is 2.06. The van der Waals surface area contributed by atoms with Gasteiger partial charge < -0.3 is 15.8 Å². The molecule has 0 atom stereocenters. The maximum absolute atomic E-state index is 5.84. The molecule has 2 aromatic rings. The van der Waals surface area contributed by atoms with Gasteiger partial charge in [-0.3, -0.25) is 0 Å². The van der Waals surface area contributed by atoms with E-state index in [0.717, 1.165) is 29.1 Å². The van der Waals surface area contributed by atoms with Crippen molar-refractivity contribution in [2.24, 2.45) is 0 Å². The zero-order valence-electron chi connectivity index (χ0n) is 11.2. The van der Waals surface area contributed by atoms with E-state index >= 15 is 0 Å². The molecule has 1 heterocycles. The predicted molar refractivity (Wildman–Crippen MR) is 76.1 cm³/mol. The van der Waals surface area contributed by atoms with Gasteiger partial charge in [-0.25, -0.2) is 9.97 Å². The molecule has 0 saturated heterocycles. The lowest BCUT2D eigenvalue weighted by Crippen LogP contribution is -2.07. The fourth-order valence-corrected chi connectivity index (χ4v) is 1.90. The van der Waals surface area contributed by atoms with Crippen LogP contribution in [0, 0.1) is 0 Å². The zero-order valence-corrected chi connectivity index (χ0v) is 11.2. The predicted octanol–water partition coefficient (Wildman–Crippen LogP) is 2.24. The lowest BCUT2D eigenvalue weighted by atomic mass is 10.2. The number of nitrogens with zero attached hydrogens (tertiary/aromatic N) is 2. The van der Waals surface area contributed by atoms with Crippen molar-refractivity contribution in [1.29, 1.82) is 0 Å². The number of aromatic nitrogens is 2. The molecule has 5 heteroatoms. The molecule has 0 aliphatic carbocycles. The summed E-state index contributed by atoms with van der Waals surface area (Å²) in [5.74, 6) is 2.17. The summed E-state index contributed by atoms with van der Waals surface area (Å²) in [6.45, 7) is 2.70. The third-order valence-corrected chi connectivity index (χ3v) is 2.93. The molecule has 0 amide bonds. The number of hydrogen-bond acceptors (Lipinski definition) is 5. The van der Waals surface area contributed by atoms with Crippen LogP contribution in [0.3, 0.4) is 0 Å². The van der Waals surface area contributed by atoms with E-state index in [1.54, 1.807) is 7.11 Å². The van der Waals surface area contributed by atoms with Crippen molar-refractivity contribution in [2.45, 2.75) is 19.9 Å². The quantitative estimate of drug-likeness (QED) is 0.860. The normalized spacial score (nSPS) is 10.2. The maximum atomic E-state index is 5.84. The summed E-state index contributed by atoms with van der Waals surface area (Å²) >= 11 is 0. The van der Waals surface area contributed by atoms with Gasteiger partial charge in [0.1, 0.15) is 23.7 Å². The van der Waals surface area contributed by atoms with Crippen molar-refractivity contribution < 1.29 is 4.74 Å². The molecule has 2 rings (SSSR count). The number of ether oxygens (including phenoxy) is 1. The molecular weight excluding hydrogens is 240 g/mol. The Morgan fingerprint density at radius 3 is 2.89 bits per heavy atom. The van der Waals surface area contributed by atoms with E-state index in [4.69, 9.17) is 10.5 Å². The van der Waals surface area contributed by atoms with Gasteiger partial charge in [0.2, 0.25) is 0 Å². The molecule has 0 radical (unpaired) electrons. The Morgan fingerprint density at radius 2 is 2.16 bits per heavy atom. The van der Waals surface area contributed by atoms with Crippen LogP contribution in [0.2, 0.25) is 0 Å². The minimum atomic E-state index is 0.533. The van der Waals surface area contributed by atoms with E-state index in [1.807, 2.05) is 31.2 Å². The Labute approximate surface area is 112 Å². The monoisotopic (exact) mass is 258 g/mol. The third-order valence-electron chi connectivity index (χ3n) is 2.93. The first-order chi connectivity index (χ1) is 9.24. The van der Waals surface area contributed by atoms with Gasteiger partial charge >= 0.3 is 0 Å². The van der Waals surface area contributed by atoms with E-state index < -0.39 is 0 Å². The Bertz CT molecular complexity index is 557. The largest absolute Gasteiger partial charge is 0.497 e.